The molecule has 2 N–H and O–H groups in total. The SMILES string of the molecule is C=CCn1c(C(C)C)nc(-c2cc(Cl)ccc2Cl)c1N. The Labute approximate surface area is 129 Å². The number of halogens is 2. The molecule has 0 aliphatic carbocycles. The minimum Gasteiger partial charge on any atom is -0.383 e. The van der Waals surface area contributed by atoms with Crippen LogP contribution in [-0.2, 0) is 6.54 Å². The van der Waals surface area contributed by atoms with Crippen molar-refractivity contribution in [1.82, 2.24) is 9.55 Å². The van der Waals surface area contributed by atoms with Gasteiger partial charge in [-0.15, -0.1) is 6.58 Å². The van der Waals surface area contributed by atoms with E-state index in [2.05, 4.69) is 25.4 Å². The van der Waals surface area contributed by atoms with E-state index in [1.165, 1.54) is 0 Å². The highest BCUT2D eigenvalue weighted by molar-refractivity contribution is 6.35. The highest BCUT2D eigenvalue weighted by Gasteiger charge is 2.19. The second-order valence-corrected chi connectivity index (χ2v) is 5.73. The molecule has 1 aromatic carbocycles. The van der Waals surface area contributed by atoms with Gasteiger partial charge in [-0.2, -0.15) is 0 Å². The van der Waals surface area contributed by atoms with Gasteiger partial charge < -0.3 is 10.3 Å². The molecule has 0 fully saturated rings. The van der Waals surface area contributed by atoms with E-state index in [0.717, 1.165) is 11.4 Å². The molecule has 0 bridgehead atoms. The average molecular weight is 310 g/mol. The zero-order chi connectivity index (χ0) is 14.9. The number of anilines is 1. The predicted octanol–water partition coefficient (Wildman–Crippen LogP) is 4.75. The first-order chi connectivity index (χ1) is 9.45. The van der Waals surface area contributed by atoms with E-state index in [1.54, 1.807) is 24.3 Å². The lowest BCUT2D eigenvalue weighted by atomic mass is 10.1. The third-order valence-electron chi connectivity index (χ3n) is 3.05. The van der Waals surface area contributed by atoms with E-state index in [-0.39, 0.29) is 5.92 Å². The van der Waals surface area contributed by atoms with Crippen LogP contribution in [-0.4, -0.2) is 9.55 Å². The van der Waals surface area contributed by atoms with E-state index < -0.39 is 0 Å². The van der Waals surface area contributed by atoms with Gasteiger partial charge in [0.1, 0.15) is 17.3 Å². The maximum atomic E-state index is 6.24. The van der Waals surface area contributed by atoms with E-state index in [9.17, 15) is 0 Å². The fraction of sp³-hybridized carbons (Fsp3) is 0.267. The molecule has 1 heterocycles. The number of allylic oxidation sites excluding steroid dienone is 1. The normalized spacial score (nSPS) is 11.1. The summed E-state index contributed by atoms with van der Waals surface area (Å²) in [7, 11) is 0. The monoisotopic (exact) mass is 309 g/mol. The molecule has 2 rings (SSSR count). The minimum absolute atomic E-state index is 0.254. The Morgan fingerprint density at radius 1 is 1.40 bits per heavy atom. The predicted molar refractivity (Wildman–Crippen MR) is 86.4 cm³/mol. The molecule has 3 nitrogen and oxygen atoms in total. The summed E-state index contributed by atoms with van der Waals surface area (Å²) in [5.41, 5.74) is 7.65. The average Bonchev–Trinajstić information content (AvgIpc) is 2.71. The van der Waals surface area contributed by atoms with Gasteiger partial charge in [0.15, 0.2) is 0 Å². The van der Waals surface area contributed by atoms with Crippen LogP contribution >= 0.6 is 23.2 Å². The number of aromatic nitrogens is 2. The minimum atomic E-state index is 0.254. The van der Waals surface area contributed by atoms with E-state index in [0.29, 0.717) is 28.1 Å². The molecular weight excluding hydrogens is 293 g/mol. The summed E-state index contributed by atoms with van der Waals surface area (Å²) in [6.07, 6.45) is 1.80. The molecule has 0 saturated carbocycles. The first-order valence-corrected chi connectivity index (χ1v) is 7.13. The van der Waals surface area contributed by atoms with Crippen molar-refractivity contribution >= 4 is 29.0 Å². The van der Waals surface area contributed by atoms with Crippen LogP contribution in [0.25, 0.3) is 11.3 Å². The second-order valence-electron chi connectivity index (χ2n) is 4.88. The summed E-state index contributed by atoms with van der Waals surface area (Å²) in [6.45, 7) is 8.52. The highest BCUT2D eigenvalue weighted by Crippen LogP contribution is 2.35. The van der Waals surface area contributed by atoms with Crippen LogP contribution in [0.5, 0.6) is 0 Å². The molecule has 0 aliphatic rings. The Balaban J connectivity index is 2.65. The fourth-order valence-electron chi connectivity index (χ4n) is 2.12. The number of hydrogen-bond donors (Lipinski definition) is 1. The zero-order valence-electron chi connectivity index (χ0n) is 11.5. The van der Waals surface area contributed by atoms with Gasteiger partial charge in [-0.3, -0.25) is 0 Å². The van der Waals surface area contributed by atoms with Gasteiger partial charge in [-0.25, -0.2) is 4.98 Å². The van der Waals surface area contributed by atoms with Crippen LogP contribution < -0.4 is 5.73 Å². The molecule has 0 aliphatic heterocycles. The van der Waals surface area contributed by atoms with Crippen molar-refractivity contribution in [3.8, 4) is 11.3 Å². The standard InChI is InChI=1S/C15H17Cl2N3/c1-4-7-20-14(18)13(19-15(20)9(2)3)11-8-10(16)5-6-12(11)17/h4-6,8-9H,1,7,18H2,2-3H3. The lowest BCUT2D eigenvalue weighted by Gasteiger charge is -2.09. The van der Waals surface area contributed by atoms with Crippen molar-refractivity contribution in [2.24, 2.45) is 0 Å². The van der Waals surface area contributed by atoms with Crippen LogP contribution in [0.3, 0.4) is 0 Å². The van der Waals surface area contributed by atoms with Gasteiger partial charge in [-0.05, 0) is 18.2 Å². The van der Waals surface area contributed by atoms with Gasteiger partial charge in [-0.1, -0.05) is 43.1 Å². The number of benzene rings is 1. The molecule has 20 heavy (non-hydrogen) atoms. The fourth-order valence-corrected chi connectivity index (χ4v) is 2.50. The van der Waals surface area contributed by atoms with E-state index in [1.807, 2.05) is 4.57 Å². The Bertz CT molecular complexity index is 645. The summed E-state index contributed by atoms with van der Waals surface area (Å²) in [5, 5.41) is 1.19. The van der Waals surface area contributed by atoms with Crippen molar-refractivity contribution in [2.45, 2.75) is 26.3 Å². The van der Waals surface area contributed by atoms with Gasteiger partial charge >= 0.3 is 0 Å². The number of nitrogens with zero attached hydrogens (tertiary/aromatic N) is 2. The van der Waals surface area contributed by atoms with Gasteiger partial charge in [0.2, 0.25) is 0 Å². The second kappa shape index (κ2) is 5.90. The molecule has 0 saturated heterocycles. The number of nitrogens with two attached hydrogens (primary N) is 1. The van der Waals surface area contributed by atoms with Gasteiger partial charge in [0, 0.05) is 23.0 Å². The number of nitrogen functional groups attached to an aromatic ring is 1. The molecule has 1 aromatic heterocycles. The van der Waals surface area contributed by atoms with Crippen LogP contribution in [0, 0.1) is 0 Å². The molecule has 0 amide bonds. The highest BCUT2D eigenvalue weighted by atomic mass is 35.5. The molecule has 5 heteroatoms. The van der Waals surface area contributed by atoms with Crippen molar-refractivity contribution in [3.63, 3.8) is 0 Å². The van der Waals surface area contributed by atoms with Crippen LogP contribution in [0.1, 0.15) is 25.6 Å². The summed E-state index contributed by atoms with van der Waals surface area (Å²) >= 11 is 12.3. The lowest BCUT2D eigenvalue weighted by Crippen LogP contribution is -2.07. The van der Waals surface area contributed by atoms with Crippen molar-refractivity contribution in [3.05, 3.63) is 46.7 Å². The number of rotatable bonds is 4. The zero-order valence-corrected chi connectivity index (χ0v) is 13.0. The maximum absolute atomic E-state index is 6.24. The quantitative estimate of drug-likeness (QED) is 0.828. The number of imidazole rings is 1. The molecule has 0 unspecified atom stereocenters. The largest absolute Gasteiger partial charge is 0.383 e. The van der Waals surface area contributed by atoms with Crippen molar-refractivity contribution < 1.29 is 0 Å². The Hall–Kier alpha value is -1.45. The van der Waals surface area contributed by atoms with Gasteiger partial charge in [0.25, 0.3) is 0 Å². The van der Waals surface area contributed by atoms with E-state index >= 15 is 0 Å². The molecular formula is C15H17Cl2N3. The van der Waals surface area contributed by atoms with Crippen LogP contribution in [0.2, 0.25) is 10.0 Å². The third kappa shape index (κ3) is 2.69. The van der Waals surface area contributed by atoms with Crippen molar-refractivity contribution in [2.75, 3.05) is 5.73 Å². The molecule has 0 spiro atoms. The number of hydrogen-bond acceptors (Lipinski definition) is 2. The molecule has 0 atom stereocenters. The van der Waals surface area contributed by atoms with Crippen LogP contribution in [0.15, 0.2) is 30.9 Å². The first kappa shape index (κ1) is 14.9. The maximum Gasteiger partial charge on any atom is 0.132 e. The summed E-state index contributed by atoms with van der Waals surface area (Å²) < 4.78 is 1.95. The molecule has 106 valence electrons. The topological polar surface area (TPSA) is 43.8 Å². The first-order valence-electron chi connectivity index (χ1n) is 6.38. The molecule has 2 aromatic rings. The van der Waals surface area contributed by atoms with Crippen molar-refractivity contribution in [1.29, 1.82) is 0 Å². The summed E-state index contributed by atoms with van der Waals surface area (Å²) in [6, 6.07) is 5.28. The lowest BCUT2D eigenvalue weighted by molar-refractivity contribution is 0.684. The van der Waals surface area contributed by atoms with Crippen LogP contribution in [0.4, 0.5) is 5.82 Å². The van der Waals surface area contributed by atoms with Gasteiger partial charge in [0.05, 0.1) is 5.02 Å². The Morgan fingerprint density at radius 2 is 2.10 bits per heavy atom. The van der Waals surface area contributed by atoms with E-state index in [4.69, 9.17) is 28.9 Å². The third-order valence-corrected chi connectivity index (χ3v) is 3.61. The summed E-state index contributed by atoms with van der Waals surface area (Å²) in [4.78, 5) is 4.65. The smallest absolute Gasteiger partial charge is 0.132 e. The summed E-state index contributed by atoms with van der Waals surface area (Å²) in [5.74, 6) is 1.75. The molecule has 0 radical (unpaired) electrons. The Kier molecular flexibility index (Phi) is 4.41. The Morgan fingerprint density at radius 3 is 2.70 bits per heavy atom.